The van der Waals surface area contributed by atoms with Crippen molar-refractivity contribution >= 4 is 17.4 Å². The van der Waals surface area contributed by atoms with Crippen LogP contribution in [0.5, 0.6) is 0 Å². The van der Waals surface area contributed by atoms with E-state index in [0.717, 1.165) is 0 Å². The van der Waals surface area contributed by atoms with E-state index < -0.39 is 0 Å². The molecule has 48 valence electrons. The molecule has 1 aliphatic heterocycles. The average Bonchev–Trinajstić information content (AvgIpc) is 1.80. The quantitative estimate of drug-likeness (QED) is 0.443. The second-order valence-corrected chi connectivity index (χ2v) is 1.83. The lowest BCUT2D eigenvalue weighted by atomic mass is 10.2. The molecule has 4 heteroatoms. The number of amides is 1. The fourth-order valence-corrected chi connectivity index (χ4v) is 0.522. The Morgan fingerprint density at radius 2 is 2.22 bits per heavy atom. The molecule has 0 aliphatic carbocycles. The Kier molecular flexibility index (Phi) is 1.30. The van der Waals surface area contributed by atoms with Gasteiger partial charge in [-0.1, -0.05) is 0 Å². The lowest BCUT2D eigenvalue weighted by Crippen LogP contribution is -2.31. The molecule has 0 aromatic heterocycles. The lowest BCUT2D eigenvalue weighted by molar-refractivity contribution is -0.126. The normalized spacial score (nSPS) is 19.0. The number of hydrazone groups is 1. The van der Waals surface area contributed by atoms with E-state index in [-0.39, 0.29) is 18.1 Å². The molecule has 1 amide bonds. The summed E-state index contributed by atoms with van der Waals surface area (Å²) in [5.41, 5.74) is 2.56. The van der Waals surface area contributed by atoms with Crippen molar-refractivity contribution in [1.82, 2.24) is 5.43 Å². The third-order valence-corrected chi connectivity index (χ3v) is 1.07. The molecule has 1 rings (SSSR count). The molecule has 1 N–H and O–H groups in total. The first-order valence-corrected chi connectivity index (χ1v) is 2.56. The van der Waals surface area contributed by atoms with Crippen molar-refractivity contribution < 1.29 is 9.59 Å². The predicted molar refractivity (Wildman–Crippen MR) is 30.9 cm³/mol. The Morgan fingerprint density at radius 1 is 1.56 bits per heavy atom. The monoisotopic (exact) mass is 126 g/mol. The molecule has 4 nitrogen and oxygen atoms in total. The van der Waals surface area contributed by atoms with Crippen LogP contribution in [0, 0.1) is 0 Å². The predicted octanol–water partition coefficient (Wildman–Crippen LogP) is -0.549. The number of ketones is 1. The highest BCUT2D eigenvalue weighted by atomic mass is 16.2. The summed E-state index contributed by atoms with van der Waals surface area (Å²) in [5.74, 6) is -0.524. The van der Waals surface area contributed by atoms with Gasteiger partial charge in [0, 0.05) is 0 Å². The second kappa shape index (κ2) is 1.97. The molecule has 0 saturated heterocycles. The van der Waals surface area contributed by atoms with Gasteiger partial charge in [0.1, 0.15) is 5.71 Å². The number of carbonyl (C=O) groups is 2. The summed E-state index contributed by atoms with van der Waals surface area (Å²) < 4.78 is 0. The van der Waals surface area contributed by atoms with E-state index in [1.54, 1.807) is 6.92 Å². The van der Waals surface area contributed by atoms with Gasteiger partial charge in [-0.15, -0.1) is 0 Å². The summed E-state index contributed by atoms with van der Waals surface area (Å²) in [7, 11) is 0. The molecule has 0 atom stereocenters. The average molecular weight is 126 g/mol. The van der Waals surface area contributed by atoms with Gasteiger partial charge < -0.3 is 0 Å². The smallest absolute Gasteiger partial charge is 0.247 e. The van der Waals surface area contributed by atoms with E-state index in [1.165, 1.54) is 0 Å². The topological polar surface area (TPSA) is 58.5 Å². The Bertz CT molecular complexity index is 195. The fraction of sp³-hybridized carbons (Fsp3) is 0.400. The van der Waals surface area contributed by atoms with Crippen LogP contribution in [0.3, 0.4) is 0 Å². The van der Waals surface area contributed by atoms with Gasteiger partial charge in [-0.25, -0.2) is 5.43 Å². The zero-order valence-corrected chi connectivity index (χ0v) is 4.97. The van der Waals surface area contributed by atoms with Crippen LogP contribution in [0.2, 0.25) is 0 Å². The maximum atomic E-state index is 10.6. The Labute approximate surface area is 51.9 Å². The molecule has 0 aromatic rings. The minimum atomic E-state index is -0.328. The number of carbonyl (C=O) groups excluding carboxylic acids is 2. The van der Waals surface area contributed by atoms with Crippen molar-refractivity contribution in [2.75, 3.05) is 0 Å². The van der Waals surface area contributed by atoms with Crippen molar-refractivity contribution in [1.29, 1.82) is 0 Å². The number of Topliss-reactive ketones (excluding diaryl/α,β-unsaturated/α-hetero) is 1. The van der Waals surface area contributed by atoms with Gasteiger partial charge in [0.25, 0.3) is 0 Å². The van der Waals surface area contributed by atoms with Gasteiger partial charge in [-0.2, -0.15) is 5.10 Å². The lowest BCUT2D eigenvalue weighted by Gasteiger charge is -2.05. The summed E-state index contributed by atoms with van der Waals surface area (Å²) in [6.45, 7) is 1.57. The summed E-state index contributed by atoms with van der Waals surface area (Å²) >= 11 is 0. The van der Waals surface area contributed by atoms with E-state index in [4.69, 9.17) is 0 Å². The third-order valence-electron chi connectivity index (χ3n) is 1.07. The third kappa shape index (κ3) is 1.13. The molecule has 0 saturated carbocycles. The number of nitrogens with zero attached hydrogens (tertiary/aromatic N) is 1. The molecular formula is C5H6N2O2. The molecule has 0 bridgehead atoms. The number of nitrogens with one attached hydrogen (secondary N) is 1. The molecule has 0 radical (unpaired) electrons. The molecule has 1 heterocycles. The standard InChI is InChI=1S/C5H6N2O2/c1-3-4(8)2-5(9)7-6-3/h2H2,1H3,(H,7,9). The Morgan fingerprint density at radius 3 is 2.67 bits per heavy atom. The van der Waals surface area contributed by atoms with E-state index in [0.29, 0.717) is 5.71 Å². The van der Waals surface area contributed by atoms with Crippen molar-refractivity contribution in [3.63, 3.8) is 0 Å². The molecule has 1 aliphatic rings. The highest BCUT2D eigenvalue weighted by molar-refractivity contribution is 6.42. The van der Waals surface area contributed by atoms with Crippen molar-refractivity contribution in [2.45, 2.75) is 13.3 Å². The number of hydrogen-bond acceptors (Lipinski definition) is 3. The van der Waals surface area contributed by atoms with Gasteiger partial charge in [0.15, 0.2) is 5.78 Å². The highest BCUT2D eigenvalue weighted by Crippen LogP contribution is 1.92. The van der Waals surface area contributed by atoms with Crippen LogP contribution in [0.15, 0.2) is 5.10 Å². The van der Waals surface area contributed by atoms with E-state index in [1.807, 2.05) is 0 Å². The Hall–Kier alpha value is -1.19. The van der Waals surface area contributed by atoms with Gasteiger partial charge in [0.05, 0.1) is 6.42 Å². The van der Waals surface area contributed by atoms with Gasteiger partial charge in [0.2, 0.25) is 5.91 Å². The first-order valence-electron chi connectivity index (χ1n) is 2.56. The van der Waals surface area contributed by atoms with E-state index in [9.17, 15) is 9.59 Å². The SMILES string of the molecule is CC1=NNC(=O)CC1=O. The fourth-order valence-electron chi connectivity index (χ4n) is 0.522. The van der Waals surface area contributed by atoms with E-state index >= 15 is 0 Å². The second-order valence-electron chi connectivity index (χ2n) is 1.83. The molecule has 0 unspecified atom stereocenters. The summed E-state index contributed by atoms with van der Waals surface area (Å²) in [4.78, 5) is 21.0. The molecule has 9 heavy (non-hydrogen) atoms. The Balaban J connectivity index is 2.79. The molecular weight excluding hydrogens is 120 g/mol. The van der Waals surface area contributed by atoms with Gasteiger partial charge in [-0.3, -0.25) is 9.59 Å². The van der Waals surface area contributed by atoms with Crippen LogP contribution in [0.4, 0.5) is 0 Å². The highest BCUT2D eigenvalue weighted by Gasteiger charge is 2.16. The van der Waals surface area contributed by atoms with Gasteiger partial charge >= 0.3 is 0 Å². The van der Waals surface area contributed by atoms with Crippen LogP contribution in [0.1, 0.15) is 13.3 Å². The molecule has 0 aromatic carbocycles. The maximum Gasteiger partial charge on any atom is 0.247 e. The summed E-state index contributed by atoms with van der Waals surface area (Å²) in [6.07, 6.45) is -0.0602. The maximum absolute atomic E-state index is 10.6. The summed E-state index contributed by atoms with van der Waals surface area (Å²) in [5, 5.41) is 3.46. The van der Waals surface area contributed by atoms with Gasteiger partial charge in [-0.05, 0) is 6.92 Å². The van der Waals surface area contributed by atoms with Crippen LogP contribution in [0.25, 0.3) is 0 Å². The van der Waals surface area contributed by atoms with Crippen molar-refractivity contribution in [3.05, 3.63) is 0 Å². The first kappa shape index (κ1) is 5.94. The van der Waals surface area contributed by atoms with Crippen LogP contribution in [-0.2, 0) is 9.59 Å². The van der Waals surface area contributed by atoms with Crippen LogP contribution < -0.4 is 5.43 Å². The zero-order chi connectivity index (χ0) is 6.85. The molecule has 0 fully saturated rings. The number of rotatable bonds is 0. The van der Waals surface area contributed by atoms with Crippen molar-refractivity contribution in [2.24, 2.45) is 5.10 Å². The minimum absolute atomic E-state index is 0.0602. The van der Waals surface area contributed by atoms with E-state index in [2.05, 4.69) is 10.5 Å². The van der Waals surface area contributed by atoms with Crippen LogP contribution in [-0.4, -0.2) is 17.4 Å². The summed E-state index contributed by atoms with van der Waals surface area (Å²) in [6, 6.07) is 0. The van der Waals surface area contributed by atoms with Crippen LogP contribution >= 0.6 is 0 Å². The zero-order valence-electron chi connectivity index (χ0n) is 4.97. The minimum Gasteiger partial charge on any atom is -0.292 e. The van der Waals surface area contributed by atoms with Crippen molar-refractivity contribution in [3.8, 4) is 0 Å². The number of hydrogen-bond donors (Lipinski definition) is 1. The largest absolute Gasteiger partial charge is 0.292 e. The molecule has 0 spiro atoms. The first-order chi connectivity index (χ1) is 4.20.